The van der Waals surface area contributed by atoms with Gasteiger partial charge in [0.05, 0.1) is 0 Å². The quantitative estimate of drug-likeness (QED) is 0.861. The van der Waals surface area contributed by atoms with Crippen LogP contribution in [0.5, 0.6) is 0 Å². The monoisotopic (exact) mass is 247 g/mol. The highest BCUT2D eigenvalue weighted by atomic mass is 15.7. The number of hydrogen-bond acceptors (Lipinski definition) is 5. The van der Waals surface area contributed by atoms with E-state index in [1.807, 2.05) is 25.5 Å². The highest BCUT2D eigenvalue weighted by Gasteiger charge is 2.34. The molecule has 0 amide bonds. The first-order valence-corrected chi connectivity index (χ1v) is 6.87. The van der Waals surface area contributed by atoms with Crippen LogP contribution in [0.15, 0.2) is 18.5 Å². The summed E-state index contributed by atoms with van der Waals surface area (Å²) in [6.07, 6.45) is 8.72. The average Bonchev–Trinajstić information content (AvgIpc) is 2.83. The van der Waals surface area contributed by atoms with E-state index in [1.54, 1.807) is 0 Å². The van der Waals surface area contributed by atoms with Gasteiger partial charge in [0.15, 0.2) is 0 Å². The molecule has 2 fully saturated rings. The van der Waals surface area contributed by atoms with Gasteiger partial charge in [-0.25, -0.2) is 15.0 Å². The maximum Gasteiger partial charge on any atom is 0.240 e. The maximum absolute atomic E-state index is 4.43. The Morgan fingerprint density at radius 3 is 2.61 bits per heavy atom. The van der Waals surface area contributed by atoms with E-state index >= 15 is 0 Å². The van der Waals surface area contributed by atoms with Crippen molar-refractivity contribution in [2.45, 2.75) is 37.8 Å². The number of aromatic nitrogens is 2. The molecule has 0 aromatic carbocycles. The number of hydrazine groups is 1. The number of rotatable bonds is 4. The molecule has 1 aromatic rings. The number of hydrogen-bond donors (Lipinski definition) is 1. The summed E-state index contributed by atoms with van der Waals surface area (Å²) < 4.78 is 0. The molecule has 5 heteroatoms. The second kappa shape index (κ2) is 5.20. The van der Waals surface area contributed by atoms with Gasteiger partial charge in [0.25, 0.3) is 0 Å². The fourth-order valence-corrected chi connectivity index (χ4v) is 2.73. The zero-order valence-electron chi connectivity index (χ0n) is 10.9. The smallest absolute Gasteiger partial charge is 0.240 e. The SMILES string of the molecule is CNC1CCN(N(c2ncccn2)C2CCC2)C1. The fraction of sp³-hybridized carbons (Fsp3) is 0.692. The zero-order valence-corrected chi connectivity index (χ0v) is 10.9. The van der Waals surface area contributed by atoms with Gasteiger partial charge in [0.1, 0.15) is 0 Å². The summed E-state index contributed by atoms with van der Waals surface area (Å²) in [5.74, 6) is 0.860. The largest absolute Gasteiger partial charge is 0.316 e. The van der Waals surface area contributed by atoms with E-state index in [0.29, 0.717) is 12.1 Å². The summed E-state index contributed by atoms with van der Waals surface area (Å²) in [7, 11) is 2.04. The van der Waals surface area contributed by atoms with Gasteiger partial charge in [-0.15, -0.1) is 0 Å². The fourth-order valence-electron chi connectivity index (χ4n) is 2.73. The van der Waals surface area contributed by atoms with Gasteiger partial charge in [0.2, 0.25) is 5.95 Å². The van der Waals surface area contributed by atoms with Gasteiger partial charge < -0.3 is 5.32 Å². The van der Waals surface area contributed by atoms with E-state index < -0.39 is 0 Å². The van der Waals surface area contributed by atoms with Crippen LogP contribution in [0.2, 0.25) is 0 Å². The van der Waals surface area contributed by atoms with Gasteiger partial charge in [-0.05, 0) is 38.8 Å². The van der Waals surface area contributed by atoms with Gasteiger partial charge >= 0.3 is 0 Å². The number of likely N-dealkylation sites (N-methyl/N-ethyl adjacent to an activating group) is 1. The molecule has 1 saturated carbocycles. The van der Waals surface area contributed by atoms with Gasteiger partial charge in [-0.3, -0.25) is 5.01 Å². The molecule has 1 N–H and O–H groups in total. The van der Waals surface area contributed by atoms with Crippen LogP contribution in [0.25, 0.3) is 0 Å². The summed E-state index contributed by atoms with van der Waals surface area (Å²) >= 11 is 0. The van der Waals surface area contributed by atoms with Crippen molar-refractivity contribution in [2.75, 3.05) is 25.1 Å². The molecule has 5 nitrogen and oxygen atoms in total. The van der Waals surface area contributed by atoms with E-state index in [1.165, 1.54) is 25.7 Å². The first-order chi connectivity index (χ1) is 8.88. The van der Waals surface area contributed by atoms with Crippen molar-refractivity contribution in [3.8, 4) is 0 Å². The Bertz CT molecular complexity index is 378. The molecule has 3 rings (SSSR count). The molecule has 1 unspecified atom stereocenters. The van der Waals surface area contributed by atoms with Crippen molar-refractivity contribution in [3.05, 3.63) is 18.5 Å². The number of nitrogens with one attached hydrogen (secondary N) is 1. The molecule has 2 aliphatic rings. The predicted octanol–water partition coefficient (Wildman–Crippen LogP) is 1.04. The minimum Gasteiger partial charge on any atom is -0.316 e. The standard InChI is InChI=1S/C13H21N5/c1-14-11-6-9-17(10-11)18(12-4-2-5-12)13-15-7-3-8-16-13/h3,7-8,11-12,14H,2,4-6,9-10H2,1H3. The molecule has 0 radical (unpaired) electrons. The van der Waals surface area contributed by atoms with E-state index in [9.17, 15) is 0 Å². The predicted molar refractivity (Wildman–Crippen MR) is 71.2 cm³/mol. The lowest BCUT2D eigenvalue weighted by molar-refractivity contribution is 0.213. The van der Waals surface area contributed by atoms with Crippen LogP contribution in [0.1, 0.15) is 25.7 Å². The van der Waals surface area contributed by atoms with Crippen LogP contribution in [0.3, 0.4) is 0 Å². The van der Waals surface area contributed by atoms with Gasteiger partial charge in [-0.2, -0.15) is 0 Å². The lowest BCUT2D eigenvalue weighted by Crippen LogP contribution is -2.52. The molecule has 1 aliphatic carbocycles. The Morgan fingerprint density at radius 2 is 2.06 bits per heavy atom. The van der Waals surface area contributed by atoms with Crippen molar-refractivity contribution in [1.82, 2.24) is 20.3 Å². The normalized spacial score (nSPS) is 25.1. The van der Waals surface area contributed by atoms with E-state index in [4.69, 9.17) is 0 Å². The van der Waals surface area contributed by atoms with Crippen molar-refractivity contribution in [1.29, 1.82) is 0 Å². The molecule has 1 aliphatic heterocycles. The Morgan fingerprint density at radius 1 is 1.28 bits per heavy atom. The molecule has 1 atom stereocenters. The lowest BCUT2D eigenvalue weighted by atomic mass is 9.92. The third-order valence-corrected chi connectivity index (χ3v) is 4.06. The topological polar surface area (TPSA) is 44.3 Å². The Balaban J connectivity index is 1.78. The third-order valence-electron chi connectivity index (χ3n) is 4.06. The molecule has 2 heterocycles. The van der Waals surface area contributed by atoms with Crippen molar-refractivity contribution in [2.24, 2.45) is 0 Å². The molecule has 1 aromatic heterocycles. The molecule has 98 valence electrons. The zero-order chi connectivity index (χ0) is 12.4. The second-order valence-electron chi connectivity index (χ2n) is 5.16. The third kappa shape index (κ3) is 2.20. The summed E-state index contributed by atoms with van der Waals surface area (Å²) in [5, 5.41) is 8.12. The highest BCUT2D eigenvalue weighted by Crippen LogP contribution is 2.30. The second-order valence-corrected chi connectivity index (χ2v) is 5.16. The molecule has 0 bridgehead atoms. The van der Waals surface area contributed by atoms with Crippen molar-refractivity contribution < 1.29 is 0 Å². The average molecular weight is 247 g/mol. The van der Waals surface area contributed by atoms with Crippen LogP contribution in [0.4, 0.5) is 5.95 Å². The van der Waals surface area contributed by atoms with E-state index in [0.717, 1.165) is 19.0 Å². The summed E-state index contributed by atoms with van der Waals surface area (Å²) in [6, 6.07) is 3.07. The van der Waals surface area contributed by atoms with E-state index in [2.05, 4.69) is 25.3 Å². The van der Waals surface area contributed by atoms with Gasteiger partial charge in [-0.1, -0.05) is 0 Å². The van der Waals surface area contributed by atoms with Gasteiger partial charge in [0, 0.05) is 37.6 Å². The number of anilines is 1. The minimum absolute atomic E-state index is 0.594. The summed E-state index contributed by atoms with van der Waals surface area (Å²) in [4.78, 5) is 8.86. The highest BCUT2D eigenvalue weighted by molar-refractivity contribution is 5.30. The van der Waals surface area contributed by atoms with Crippen LogP contribution in [0, 0.1) is 0 Å². The summed E-state index contributed by atoms with van der Waals surface area (Å²) in [6.45, 7) is 2.16. The first kappa shape index (κ1) is 11.9. The van der Waals surface area contributed by atoms with Crippen molar-refractivity contribution >= 4 is 5.95 Å². The molecule has 1 saturated heterocycles. The van der Waals surface area contributed by atoms with Crippen LogP contribution < -0.4 is 10.3 Å². The van der Waals surface area contributed by atoms with Crippen LogP contribution in [-0.2, 0) is 0 Å². The van der Waals surface area contributed by atoms with Crippen LogP contribution >= 0.6 is 0 Å². The van der Waals surface area contributed by atoms with E-state index in [-0.39, 0.29) is 0 Å². The first-order valence-electron chi connectivity index (χ1n) is 6.87. The molecular formula is C13H21N5. The van der Waals surface area contributed by atoms with Crippen molar-refractivity contribution in [3.63, 3.8) is 0 Å². The maximum atomic E-state index is 4.43. The molecule has 18 heavy (non-hydrogen) atoms. The van der Waals surface area contributed by atoms with Crippen LogP contribution in [-0.4, -0.2) is 47.2 Å². The number of nitrogens with zero attached hydrogens (tertiary/aromatic N) is 4. The summed E-state index contributed by atoms with van der Waals surface area (Å²) in [5.41, 5.74) is 0. The minimum atomic E-state index is 0.594. The Labute approximate surface area is 108 Å². The lowest BCUT2D eigenvalue weighted by Gasteiger charge is -2.42. The molecular weight excluding hydrogens is 226 g/mol. The Kier molecular flexibility index (Phi) is 3.43. The molecule has 0 spiro atoms. The Hall–Kier alpha value is -1.20.